The summed E-state index contributed by atoms with van der Waals surface area (Å²) in [6.07, 6.45) is -3.54. The zero-order valence-electron chi connectivity index (χ0n) is 34.1. The number of hydrogen-bond donors (Lipinski definition) is 2. The summed E-state index contributed by atoms with van der Waals surface area (Å²) in [4.78, 5) is 55.0. The Labute approximate surface area is 338 Å². The Kier molecular flexibility index (Phi) is 16.9. The number of nitrogens with one attached hydrogen (secondary N) is 1. The molecule has 0 spiro atoms. The molecule has 1 aliphatic heterocycles. The van der Waals surface area contributed by atoms with E-state index in [0.717, 1.165) is 5.56 Å². The number of carbonyl (C=O) groups is 3. The number of carbonyl (C=O) groups excluding carboxylic acids is 2. The highest BCUT2D eigenvalue weighted by Gasteiger charge is 2.52. The van der Waals surface area contributed by atoms with E-state index in [0.29, 0.717) is 22.6 Å². The first-order valence-electron chi connectivity index (χ1n) is 19.1. The molecule has 4 atom stereocenters. The van der Waals surface area contributed by atoms with Crippen LogP contribution in [-0.4, -0.2) is 103 Å². The van der Waals surface area contributed by atoms with Gasteiger partial charge in [-0.25, -0.2) is 4.79 Å². The predicted octanol–water partition coefficient (Wildman–Crippen LogP) is 5.26. The van der Waals surface area contributed by atoms with Crippen molar-refractivity contribution in [3.63, 3.8) is 0 Å². The average molecular weight is 803 g/mol. The van der Waals surface area contributed by atoms with E-state index in [1.807, 2.05) is 78.9 Å². The van der Waals surface area contributed by atoms with Crippen LogP contribution < -0.4 is 20.5 Å². The molecule has 1 aromatic heterocycles. The number of esters is 1. The third-order valence-electron chi connectivity index (χ3n) is 9.75. The molecule has 0 bridgehead atoms. The van der Waals surface area contributed by atoms with Crippen molar-refractivity contribution in [1.82, 2.24) is 14.5 Å². The molecule has 4 aromatic rings. The van der Waals surface area contributed by atoms with Crippen LogP contribution in [0.15, 0.2) is 95.9 Å². The number of carboxylic acid groups (broad SMARTS) is 1. The Morgan fingerprint density at radius 1 is 0.810 bits per heavy atom. The number of nitrogens with zero attached hydrogens (tertiary/aromatic N) is 3. The fourth-order valence-corrected chi connectivity index (χ4v) is 6.68. The molecule has 5 rings (SSSR count). The molecule has 0 saturated carbocycles. The van der Waals surface area contributed by atoms with Crippen LogP contribution in [0.25, 0.3) is 0 Å². The van der Waals surface area contributed by atoms with Gasteiger partial charge < -0.3 is 43.7 Å². The van der Waals surface area contributed by atoms with Crippen LogP contribution in [0.4, 0.5) is 5.82 Å². The SMILES string of the molecule is CCN(CC)CC.COc1ccc(C(O[C@H]2[C@@H](OC)[C@H](n3ccc(NC(C)=O)nc3=O)O[C@@H]2COC(=O)CCC(=O)O)(c2ccccc2)c2ccc(OC)cc2)cc1. The third-order valence-corrected chi connectivity index (χ3v) is 9.75. The highest BCUT2D eigenvalue weighted by Crippen LogP contribution is 2.46. The minimum Gasteiger partial charge on any atom is -0.497 e. The van der Waals surface area contributed by atoms with Gasteiger partial charge in [-0.3, -0.25) is 19.0 Å². The fourth-order valence-electron chi connectivity index (χ4n) is 6.68. The number of hydrogen-bond acceptors (Lipinski definition) is 12. The summed E-state index contributed by atoms with van der Waals surface area (Å²) in [6, 6.07) is 25.7. The highest BCUT2D eigenvalue weighted by molar-refractivity contribution is 5.87. The number of carboxylic acids is 1. The van der Waals surface area contributed by atoms with Gasteiger partial charge in [-0.1, -0.05) is 75.4 Å². The van der Waals surface area contributed by atoms with Gasteiger partial charge in [0.2, 0.25) is 5.91 Å². The van der Waals surface area contributed by atoms with Crippen LogP contribution in [0.2, 0.25) is 0 Å². The molecule has 2 heterocycles. The second kappa shape index (κ2) is 21.8. The van der Waals surface area contributed by atoms with Crippen LogP contribution in [-0.2, 0) is 38.9 Å². The second-order valence-electron chi connectivity index (χ2n) is 13.2. The molecule has 0 radical (unpaired) electrons. The smallest absolute Gasteiger partial charge is 0.351 e. The summed E-state index contributed by atoms with van der Waals surface area (Å²) in [6.45, 7) is 11.1. The quantitative estimate of drug-likeness (QED) is 0.0985. The summed E-state index contributed by atoms with van der Waals surface area (Å²) >= 11 is 0. The zero-order chi connectivity index (χ0) is 42.2. The lowest BCUT2D eigenvalue weighted by Crippen LogP contribution is -2.46. The molecule has 15 heteroatoms. The van der Waals surface area contributed by atoms with Gasteiger partial charge in [0.25, 0.3) is 0 Å². The molecule has 1 saturated heterocycles. The Morgan fingerprint density at radius 3 is 1.81 bits per heavy atom. The summed E-state index contributed by atoms with van der Waals surface area (Å²) in [5.74, 6) is -1.01. The molecular formula is C43H54N4O11. The molecule has 0 aliphatic carbocycles. The van der Waals surface area contributed by atoms with Crippen LogP contribution in [0.5, 0.6) is 11.5 Å². The lowest BCUT2D eigenvalue weighted by Gasteiger charge is -2.40. The van der Waals surface area contributed by atoms with Crippen molar-refractivity contribution >= 4 is 23.7 Å². The monoisotopic (exact) mass is 802 g/mol. The minimum absolute atomic E-state index is 0.0505. The van der Waals surface area contributed by atoms with Crippen LogP contribution in [0.1, 0.15) is 63.5 Å². The van der Waals surface area contributed by atoms with E-state index < -0.39 is 60.1 Å². The molecule has 1 fully saturated rings. The fraction of sp³-hybridized carbons (Fsp3) is 0.419. The average Bonchev–Trinajstić information content (AvgIpc) is 3.58. The van der Waals surface area contributed by atoms with Crippen molar-refractivity contribution < 1.29 is 47.9 Å². The molecule has 1 aliphatic rings. The summed E-state index contributed by atoms with van der Waals surface area (Å²) in [5, 5.41) is 11.6. The minimum atomic E-state index is -1.36. The number of aliphatic carboxylic acids is 1. The molecule has 2 N–H and O–H groups in total. The number of methoxy groups -OCH3 is 3. The standard InChI is InChI=1S/C37H39N3O11.C6H15N/c1-23(41)38-30-20-21-40(36(45)39-30)35-34(48-4)33(29(50-35)22-49-32(44)19-18-31(42)43)51-37(24-8-6-5-7-9-24,25-10-14-27(46-2)15-11-25)26-12-16-28(47-3)17-13-26;1-4-7(5-2)6-3/h5-17,20-21,29,33-35H,18-19,22H2,1-4H3,(H,42,43)(H,38,39,41,45);4-6H2,1-3H3/t29-,33-,34-,35-;/m1./s1. The lowest BCUT2D eigenvalue weighted by atomic mass is 9.79. The zero-order valence-corrected chi connectivity index (χ0v) is 34.1. The maximum atomic E-state index is 13.3. The first-order valence-corrected chi connectivity index (χ1v) is 19.1. The van der Waals surface area contributed by atoms with Gasteiger partial charge in [0.1, 0.15) is 47.8 Å². The van der Waals surface area contributed by atoms with Gasteiger partial charge in [0.15, 0.2) is 6.23 Å². The van der Waals surface area contributed by atoms with Crippen molar-refractivity contribution in [3.8, 4) is 11.5 Å². The van der Waals surface area contributed by atoms with E-state index in [2.05, 4.69) is 36.0 Å². The summed E-state index contributed by atoms with van der Waals surface area (Å²) in [7, 11) is 4.58. The Hall–Kier alpha value is -5.61. The largest absolute Gasteiger partial charge is 0.497 e. The van der Waals surface area contributed by atoms with Crippen LogP contribution >= 0.6 is 0 Å². The Balaban J connectivity index is 0.000000973. The summed E-state index contributed by atoms with van der Waals surface area (Å²) < 4.78 is 37.4. The van der Waals surface area contributed by atoms with Gasteiger partial charge in [-0.2, -0.15) is 4.98 Å². The second-order valence-corrected chi connectivity index (χ2v) is 13.2. The molecule has 1 amide bonds. The first kappa shape index (κ1) is 45.1. The topological polar surface area (TPSA) is 177 Å². The van der Waals surface area contributed by atoms with Gasteiger partial charge >= 0.3 is 17.6 Å². The van der Waals surface area contributed by atoms with E-state index in [-0.39, 0.29) is 18.8 Å². The number of anilines is 1. The molecule has 0 unspecified atom stereocenters. The molecular weight excluding hydrogens is 748 g/mol. The molecule has 58 heavy (non-hydrogen) atoms. The Bertz CT molecular complexity index is 1920. The summed E-state index contributed by atoms with van der Waals surface area (Å²) in [5.41, 5.74) is 0.0336. The number of amides is 1. The molecule has 15 nitrogen and oxygen atoms in total. The number of rotatable bonds is 18. The van der Waals surface area contributed by atoms with Gasteiger partial charge in [0.05, 0.1) is 27.1 Å². The van der Waals surface area contributed by atoms with E-state index in [1.54, 1.807) is 14.2 Å². The number of ether oxygens (including phenoxy) is 6. The maximum absolute atomic E-state index is 13.3. The number of benzene rings is 3. The van der Waals surface area contributed by atoms with Crippen molar-refractivity contribution in [1.29, 1.82) is 0 Å². The maximum Gasteiger partial charge on any atom is 0.351 e. The molecule has 3 aromatic carbocycles. The van der Waals surface area contributed by atoms with Crippen LogP contribution in [0, 0.1) is 0 Å². The first-order chi connectivity index (χ1) is 27.9. The normalized spacial score (nSPS) is 17.5. The van der Waals surface area contributed by atoms with Crippen molar-refractivity contribution in [2.75, 3.05) is 52.9 Å². The van der Waals surface area contributed by atoms with Crippen molar-refractivity contribution in [2.45, 2.75) is 70.7 Å². The predicted molar refractivity (Wildman–Crippen MR) is 216 cm³/mol. The van der Waals surface area contributed by atoms with E-state index in [9.17, 15) is 19.2 Å². The van der Waals surface area contributed by atoms with E-state index in [4.69, 9.17) is 33.5 Å². The van der Waals surface area contributed by atoms with Gasteiger partial charge in [-0.05, 0) is 66.7 Å². The van der Waals surface area contributed by atoms with Crippen molar-refractivity contribution in [2.24, 2.45) is 0 Å². The van der Waals surface area contributed by atoms with E-state index in [1.165, 1.54) is 50.5 Å². The Morgan fingerprint density at radius 2 is 1.36 bits per heavy atom. The lowest BCUT2D eigenvalue weighted by molar-refractivity contribution is -0.156. The van der Waals surface area contributed by atoms with E-state index >= 15 is 0 Å². The highest BCUT2D eigenvalue weighted by atomic mass is 16.6. The third kappa shape index (κ3) is 11.3. The van der Waals surface area contributed by atoms with Gasteiger partial charge in [-0.15, -0.1) is 0 Å². The molecule has 312 valence electrons. The van der Waals surface area contributed by atoms with Crippen LogP contribution in [0.3, 0.4) is 0 Å². The van der Waals surface area contributed by atoms with Crippen molar-refractivity contribution in [3.05, 3.63) is 118 Å². The van der Waals surface area contributed by atoms with Gasteiger partial charge in [0, 0.05) is 20.2 Å². The number of aromatic nitrogens is 2.